The molecule has 0 aliphatic rings. The van der Waals surface area contributed by atoms with Crippen LogP contribution in [-0.4, -0.2) is 28.5 Å². The Morgan fingerprint density at radius 2 is 2.28 bits per heavy atom. The summed E-state index contributed by atoms with van der Waals surface area (Å²) >= 11 is 1.78. The molecule has 0 aliphatic carbocycles. The molecule has 100 valence electrons. The predicted molar refractivity (Wildman–Crippen MR) is 74.8 cm³/mol. The number of anilines is 2. The van der Waals surface area contributed by atoms with Gasteiger partial charge in [0.25, 0.3) is 0 Å². The Kier molecular flexibility index (Phi) is 6.23. The third kappa shape index (κ3) is 4.38. The fraction of sp³-hybridized carbons (Fsp3) is 0.500. The van der Waals surface area contributed by atoms with Gasteiger partial charge in [0.2, 0.25) is 5.82 Å². The second kappa shape index (κ2) is 7.72. The van der Waals surface area contributed by atoms with Crippen LogP contribution in [0.25, 0.3) is 0 Å². The molecule has 0 saturated carbocycles. The van der Waals surface area contributed by atoms with Crippen LogP contribution in [0.2, 0.25) is 0 Å². The summed E-state index contributed by atoms with van der Waals surface area (Å²) in [5.74, 6) is 6.96. The van der Waals surface area contributed by atoms with Gasteiger partial charge in [0.1, 0.15) is 5.82 Å². The number of aromatic nitrogens is 1. The van der Waals surface area contributed by atoms with E-state index in [1.807, 2.05) is 0 Å². The minimum atomic E-state index is -0.461. The van der Waals surface area contributed by atoms with E-state index in [9.17, 15) is 10.1 Å². The van der Waals surface area contributed by atoms with Crippen molar-refractivity contribution >= 4 is 29.1 Å². The van der Waals surface area contributed by atoms with Gasteiger partial charge in [-0.15, -0.1) is 0 Å². The quantitative estimate of drug-likeness (QED) is 0.286. The molecule has 0 saturated heterocycles. The van der Waals surface area contributed by atoms with Gasteiger partial charge in [-0.2, -0.15) is 11.8 Å². The van der Waals surface area contributed by atoms with Gasteiger partial charge in [-0.25, -0.2) is 10.8 Å². The summed E-state index contributed by atoms with van der Waals surface area (Å²) in [5, 5.41) is 13.8. The summed E-state index contributed by atoms with van der Waals surface area (Å²) in [6, 6.07) is 2.85. The van der Waals surface area contributed by atoms with E-state index in [1.54, 1.807) is 11.8 Å². The molecule has 0 aromatic carbocycles. The molecule has 8 heteroatoms. The second-order valence-electron chi connectivity index (χ2n) is 3.59. The first kappa shape index (κ1) is 14.5. The number of hydrogen-bond acceptors (Lipinski definition) is 7. The molecular formula is C10H17N5O2S. The van der Waals surface area contributed by atoms with Crippen LogP contribution < -0.4 is 16.6 Å². The number of rotatable bonds is 8. The van der Waals surface area contributed by atoms with Gasteiger partial charge in [0.05, 0.1) is 4.92 Å². The Bertz CT molecular complexity index is 402. The van der Waals surface area contributed by atoms with Crippen molar-refractivity contribution in [3.05, 3.63) is 22.2 Å². The van der Waals surface area contributed by atoms with Gasteiger partial charge in [-0.1, -0.05) is 0 Å². The van der Waals surface area contributed by atoms with Crippen LogP contribution in [0.3, 0.4) is 0 Å². The van der Waals surface area contributed by atoms with Gasteiger partial charge in [0.15, 0.2) is 0 Å². The first-order valence-electron chi connectivity index (χ1n) is 5.54. The molecule has 4 N–H and O–H groups in total. The lowest BCUT2D eigenvalue weighted by molar-refractivity contribution is -0.384. The minimum Gasteiger partial charge on any atom is -0.364 e. The molecule has 0 radical (unpaired) electrons. The summed E-state index contributed by atoms with van der Waals surface area (Å²) in [6.45, 7) is 0.655. The van der Waals surface area contributed by atoms with Crippen LogP contribution in [0.1, 0.15) is 12.8 Å². The normalized spacial score (nSPS) is 10.1. The van der Waals surface area contributed by atoms with E-state index in [0.29, 0.717) is 12.4 Å². The third-order valence-corrected chi connectivity index (χ3v) is 2.98. The van der Waals surface area contributed by atoms with E-state index in [-0.39, 0.29) is 11.5 Å². The van der Waals surface area contributed by atoms with Crippen LogP contribution in [0.15, 0.2) is 12.1 Å². The molecule has 0 fully saturated rings. The second-order valence-corrected chi connectivity index (χ2v) is 4.58. The van der Waals surface area contributed by atoms with Crippen LogP contribution in [0, 0.1) is 10.1 Å². The molecule has 0 atom stereocenters. The summed E-state index contributed by atoms with van der Waals surface area (Å²) < 4.78 is 0. The number of pyridine rings is 1. The molecule has 18 heavy (non-hydrogen) atoms. The zero-order valence-electron chi connectivity index (χ0n) is 10.2. The molecule has 0 amide bonds. The highest BCUT2D eigenvalue weighted by molar-refractivity contribution is 7.98. The van der Waals surface area contributed by atoms with E-state index in [2.05, 4.69) is 22.0 Å². The monoisotopic (exact) mass is 271 g/mol. The fourth-order valence-electron chi connectivity index (χ4n) is 1.39. The molecule has 0 spiro atoms. The number of nitrogens with two attached hydrogens (primary N) is 1. The molecule has 0 unspecified atom stereocenters. The molecule has 0 bridgehead atoms. The fourth-order valence-corrected chi connectivity index (χ4v) is 1.88. The maximum atomic E-state index is 10.8. The molecule has 7 nitrogen and oxygen atoms in total. The van der Waals surface area contributed by atoms with Crippen molar-refractivity contribution in [1.82, 2.24) is 4.98 Å². The Balaban J connectivity index is 2.63. The maximum absolute atomic E-state index is 10.8. The number of hydrogen-bond donors (Lipinski definition) is 3. The van der Waals surface area contributed by atoms with Crippen molar-refractivity contribution in [3.8, 4) is 0 Å². The summed E-state index contributed by atoms with van der Waals surface area (Å²) in [7, 11) is 0. The molecule has 1 aromatic heterocycles. The van der Waals surface area contributed by atoms with Crippen molar-refractivity contribution in [3.63, 3.8) is 0 Å². The molecular weight excluding hydrogens is 254 g/mol. The van der Waals surface area contributed by atoms with Gasteiger partial charge in [0, 0.05) is 12.6 Å². The average molecular weight is 271 g/mol. The molecule has 1 rings (SSSR count). The Morgan fingerprint density at radius 3 is 2.89 bits per heavy atom. The number of nitrogens with one attached hydrogen (secondary N) is 2. The summed E-state index contributed by atoms with van der Waals surface area (Å²) in [4.78, 5) is 14.4. The van der Waals surface area contributed by atoms with Crippen LogP contribution in [-0.2, 0) is 0 Å². The van der Waals surface area contributed by atoms with E-state index >= 15 is 0 Å². The molecule has 1 aromatic rings. The first-order valence-corrected chi connectivity index (χ1v) is 6.93. The van der Waals surface area contributed by atoms with Crippen LogP contribution in [0.4, 0.5) is 17.3 Å². The number of nitrogens with zero attached hydrogens (tertiary/aromatic N) is 2. The van der Waals surface area contributed by atoms with Crippen LogP contribution >= 0.6 is 11.8 Å². The lowest BCUT2D eigenvalue weighted by Gasteiger charge is -2.07. The van der Waals surface area contributed by atoms with E-state index in [4.69, 9.17) is 5.84 Å². The van der Waals surface area contributed by atoms with E-state index < -0.39 is 4.92 Å². The predicted octanol–water partition coefficient (Wildman–Crippen LogP) is 1.83. The number of unbranched alkanes of at least 4 members (excludes halogenated alkanes) is 1. The Hall–Kier alpha value is -1.54. The van der Waals surface area contributed by atoms with Crippen molar-refractivity contribution in [2.24, 2.45) is 5.84 Å². The van der Waals surface area contributed by atoms with Crippen molar-refractivity contribution < 1.29 is 4.92 Å². The summed E-state index contributed by atoms with van der Waals surface area (Å²) in [5.41, 5.74) is 2.32. The summed E-state index contributed by atoms with van der Waals surface area (Å²) in [6.07, 6.45) is 4.06. The lowest BCUT2D eigenvalue weighted by atomic mass is 10.3. The first-order chi connectivity index (χ1) is 8.69. The van der Waals surface area contributed by atoms with Crippen LogP contribution in [0.5, 0.6) is 0 Å². The SMILES string of the molecule is CSCCCCNc1nc(NN)ccc1[N+](=O)[O-]. The van der Waals surface area contributed by atoms with Gasteiger partial charge >= 0.3 is 5.69 Å². The molecule has 1 heterocycles. The van der Waals surface area contributed by atoms with E-state index in [1.165, 1.54) is 12.1 Å². The minimum absolute atomic E-state index is 0.0427. The average Bonchev–Trinajstić information content (AvgIpc) is 2.38. The zero-order valence-corrected chi connectivity index (χ0v) is 11.0. The highest BCUT2D eigenvalue weighted by atomic mass is 32.2. The van der Waals surface area contributed by atoms with Gasteiger partial charge < -0.3 is 10.7 Å². The van der Waals surface area contributed by atoms with Gasteiger partial charge in [-0.05, 0) is 30.9 Å². The van der Waals surface area contributed by atoms with Gasteiger partial charge in [-0.3, -0.25) is 10.1 Å². The number of hydrazine groups is 1. The Morgan fingerprint density at radius 1 is 1.50 bits per heavy atom. The largest absolute Gasteiger partial charge is 0.364 e. The topological polar surface area (TPSA) is 106 Å². The standard InChI is InChI=1S/C10H17N5O2S/c1-18-7-3-2-6-12-10-8(15(16)17)4-5-9(13-10)14-11/h4-5H,2-3,6-7,11H2,1H3,(H2,12,13,14). The number of nitrogen functional groups attached to an aromatic ring is 1. The number of nitro groups is 1. The lowest BCUT2D eigenvalue weighted by Crippen LogP contribution is -2.12. The van der Waals surface area contributed by atoms with E-state index in [0.717, 1.165) is 18.6 Å². The zero-order chi connectivity index (χ0) is 13.4. The Labute approximate surface area is 110 Å². The third-order valence-electron chi connectivity index (χ3n) is 2.29. The van der Waals surface area contributed by atoms with Crippen molar-refractivity contribution in [1.29, 1.82) is 0 Å². The highest BCUT2D eigenvalue weighted by Crippen LogP contribution is 2.23. The smallest absolute Gasteiger partial charge is 0.311 e. The molecule has 0 aliphatic heterocycles. The number of thioether (sulfide) groups is 1. The van der Waals surface area contributed by atoms with Crippen molar-refractivity contribution in [2.45, 2.75) is 12.8 Å². The maximum Gasteiger partial charge on any atom is 0.311 e. The van der Waals surface area contributed by atoms with Crippen molar-refractivity contribution in [2.75, 3.05) is 29.3 Å². The highest BCUT2D eigenvalue weighted by Gasteiger charge is 2.15.